The first-order valence-corrected chi connectivity index (χ1v) is 11.0. The summed E-state index contributed by atoms with van der Waals surface area (Å²) >= 11 is 0. The van der Waals surface area contributed by atoms with E-state index in [2.05, 4.69) is 47.4 Å². The van der Waals surface area contributed by atoms with Crippen molar-refractivity contribution in [2.45, 2.75) is 26.2 Å². The number of aromatic nitrogens is 2. The predicted octanol–water partition coefficient (Wildman–Crippen LogP) is 2.22. The number of nitrogens with zero attached hydrogens (tertiary/aromatic N) is 5. The Morgan fingerprint density at radius 3 is 2.42 bits per heavy atom. The highest BCUT2D eigenvalue weighted by Gasteiger charge is 2.38. The maximum absolute atomic E-state index is 12.9. The molecule has 1 atom stereocenters. The highest BCUT2D eigenvalue weighted by atomic mass is 16.5. The Bertz CT molecular complexity index is 1050. The zero-order valence-electron chi connectivity index (χ0n) is 19.8. The topological polar surface area (TPSA) is 127 Å². The van der Waals surface area contributed by atoms with Gasteiger partial charge < -0.3 is 25.8 Å². The Balaban J connectivity index is 1.87. The second-order valence-electron chi connectivity index (χ2n) is 8.82. The Hall–Kier alpha value is -3.46. The van der Waals surface area contributed by atoms with Gasteiger partial charge in [0.2, 0.25) is 0 Å². The lowest BCUT2D eigenvalue weighted by Crippen LogP contribution is -2.47. The predicted molar refractivity (Wildman–Crippen MR) is 129 cm³/mol. The second-order valence-corrected chi connectivity index (χ2v) is 8.82. The van der Waals surface area contributed by atoms with E-state index in [1.54, 1.807) is 11.1 Å². The fourth-order valence-electron chi connectivity index (χ4n) is 3.76. The van der Waals surface area contributed by atoms with Crippen LogP contribution in [0.25, 0.3) is 5.57 Å². The minimum Gasteiger partial charge on any atom is -0.404 e. The van der Waals surface area contributed by atoms with E-state index in [0.717, 1.165) is 29.8 Å². The van der Waals surface area contributed by atoms with E-state index in [1.165, 1.54) is 6.20 Å². The maximum Gasteiger partial charge on any atom is 0.316 e. The number of allylic oxidation sites excluding steroid dienone is 1. The van der Waals surface area contributed by atoms with Crippen LogP contribution < -0.4 is 11.5 Å². The molecule has 1 saturated heterocycles. The van der Waals surface area contributed by atoms with Gasteiger partial charge in [-0.3, -0.25) is 4.79 Å². The molecule has 1 amide bonds. The lowest BCUT2D eigenvalue weighted by molar-refractivity contribution is 0.0615. The summed E-state index contributed by atoms with van der Waals surface area (Å²) in [5.41, 5.74) is 13.3. The number of rotatable bonds is 7. The van der Waals surface area contributed by atoms with Crippen LogP contribution in [-0.4, -0.2) is 65.3 Å². The third-order valence-electron chi connectivity index (χ3n) is 6.39. The minimum absolute atomic E-state index is 0.0321. The van der Waals surface area contributed by atoms with Gasteiger partial charge in [-0.1, -0.05) is 49.8 Å². The number of carbonyl (C=O) groups excluding carboxylic acids is 1. The van der Waals surface area contributed by atoms with Gasteiger partial charge in [0.25, 0.3) is 0 Å². The van der Waals surface area contributed by atoms with Crippen LogP contribution in [0.1, 0.15) is 48.4 Å². The van der Waals surface area contributed by atoms with Crippen LogP contribution in [0.3, 0.4) is 0 Å². The molecule has 33 heavy (non-hydrogen) atoms. The minimum atomic E-state index is -0.561. The fourth-order valence-corrected chi connectivity index (χ4v) is 3.76. The van der Waals surface area contributed by atoms with Crippen molar-refractivity contribution in [2.24, 2.45) is 22.4 Å². The summed E-state index contributed by atoms with van der Waals surface area (Å²) in [5.74, 6) is 0.640. The number of piperazine rings is 1. The Kier molecular flexibility index (Phi) is 7.33. The van der Waals surface area contributed by atoms with Gasteiger partial charge in [0, 0.05) is 44.2 Å². The molecule has 0 aliphatic carbocycles. The first kappa shape index (κ1) is 24.2. The smallest absolute Gasteiger partial charge is 0.316 e. The van der Waals surface area contributed by atoms with Crippen molar-refractivity contribution in [2.75, 3.05) is 33.2 Å². The Morgan fingerprint density at radius 2 is 1.88 bits per heavy atom. The lowest BCUT2D eigenvalue weighted by Gasteiger charge is -2.32. The van der Waals surface area contributed by atoms with Gasteiger partial charge in [-0.15, -0.1) is 0 Å². The number of hydrogen-bond donors (Lipinski definition) is 2. The molecule has 0 radical (unpaired) electrons. The molecule has 1 aromatic heterocycles. The van der Waals surface area contributed by atoms with Gasteiger partial charge in [-0.05, 0) is 31.0 Å². The van der Waals surface area contributed by atoms with Crippen LogP contribution in [0, 0.1) is 5.92 Å². The summed E-state index contributed by atoms with van der Waals surface area (Å²) < 4.78 is 5.43. The monoisotopic (exact) mass is 451 g/mol. The highest BCUT2D eigenvalue weighted by Crippen LogP contribution is 2.37. The number of benzene rings is 1. The molecule has 1 unspecified atom stereocenters. The second kappa shape index (κ2) is 9.99. The summed E-state index contributed by atoms with van der Waals surface area (Å²) in [6, 6.07) is 7.91. The molecule has 1 aliphatic heterocycles. The number of amides is 1. The number of nitrogens with two attached hydrogens (primary N) is 2. The quantitative estimate of drug-likeness (QED) is 0.618. The molecule has 0 saturated carbocycles. The van der Waals surface area contributed by atoms with Crippen molar-refractivity contribution in [1.29, 1.82) is 0 Å². The highest BCUT2D eigenvalue weighted by molar-refractivity contribution is 6.09. The molecule has 1 aliphatic rings. The third-order valence-corrected chi connectivity index (χ3v) is 6.39. The molecule has 0 spiro atoms. The van der Waals surface area contributed by atoms with Crippen LogP contribution in [0.2, 0.25) is 0 Å². The zero-order valence-corrected chi connectivity index (χ0v) is 19.8. The molecule has 1 aromatic carbocycles. The van der Waals surface area contributed by atoms with E-state index in [9.17, 15) is 4.79 Å². The van der Waals surface area contributed by atoms with Gasteiger partial charge in [0.05, 0.1) is 5.41 Å². The van der Waals surface area contributed by atoms with E-state index in [4.69, 9.17) is 16.0 Å². The van der Waals surface area contributed by atoms with Crippen LogP contribution in [0.15, 0.2) is 52.4 Å². The van der Waals surface area contributed by atoms with Crippen molar-refractivity contribution in [3.8, 4) is 0 Å². The molecule has 1 fully saturated rings. The average Bonchev–Trinajstić information content (AvgIpc) is 3.30. The molecular formula is C24H33N7O2. The first-order chi connectivity index (χ1) is 15.7. The normalized spacial score (nSPS) is 17.5. The van der Waals surface area contributed by atoms with Crippen LogP contribution in [0.5, 0.6) is 0 Å². The largest absolute Gasteiger partial charge is 0.404 e. The summed E-state index contributed by atoms with van der Waals surface area (Å²) in [5, 5.41) is 4.22. The van der Waals surface area contributed by atoms with Crippen LogP contribution >= 0.6 is 0 Å². The molecule has 4 N–H and O–H groups in total. The van der Waals surface area contributed by atoms with E-state index < -0.39 is 5.41 Å². The zero-order chi connectivity index (χ0) is 24.2. The van der Waals surface area contributed by atoms with Gasteiger partial charge in [0.15, 0.2) is 5.82 Å². The maximum atomic E-state index is 12.9. The van der Waals surface area contributed by atoms with E-state index >= 15 is 0 Å². The van der Waals surface area contributed by atoms with Gasteiger partial charge in [-0.2, -0.15) is 4.98 Å². The number of aliphatic imine (C=N–C) groups is 1. The lowest BCUT2D eigenvalue weighted by atomic mass is 9.72. The molecule has 0 bridgehead atoms. The van der Waals surface area contributed by atoms with Gasteiger partial charge >= 0.3 is 11.8 Å². The summed E-state index contributed by atoms with van der Waals surface area (Å²) in [6.45, 7) is 12.8. The van der Waals surface area contributed by atoms with Crippen LogP contribution in [-0.2, 0) is 5.41 Å². The van der Waals surface area contributed by atoms with E-state index in [-0.39, 0.29) is 23.5 Å². The molecular weight excluding hydrogens is 418 g/mol. The van der Waals surface area contributed by atoms with Crippen molar-refractivity contribution >= 4 is 17.7 Å². The molecule has 9 nitrogen and oxygen atoms in total. The number of likely N-dealkylation sites (N-methyl/N-ethyl adjacent to an activating group) is 1. The number of carbonyl (C=O) groups is 1. The van der Waals surface area contributed by atoms with Crippen molar-refractivity contribution in [3.63, 3.8) is 0 Å². The van der Waals surface area contributed by atoms with Crippen molar-refractivity contribution in [3.05, 3.63) is 65.7 Å². The van der Waals surface area contributed by atoms with E-state index in [0.29, 0.717) is 18.9 Å². The SMILES string of the molecule is C=C(N)/N=C\C(=C/N)c1ccc(C(C)(c2noc(C(=O)N3CCN(C)CC3)n2)C(C)C)cc1. The fraction of sp³-hybridized carbons (Fsp3) is 0.417. The number of hydrogen-bond acceptors (Lipinski definition) is 8. The molecule has 2 heterocycles. The van der Waals surface area contributed by atoms with E-state index in [1.807, 2.05) is 31.3 Å². The average molecular weight is 452 g/mol. The van der Waals surface area contributed by atoms with Crippen molar-refractivity contribution < 1.29 is 9.32 Å². The first-order valence-electron chi connectivity index (χ1n) is 11.0. The standard InChI is InChI=1S/C24H33N7O2/c1-16(2)24(4,20-8-6-18(7-9-20)19(14-25)15-27-17(3)26)23-28-21(33-29-23)22(32)31-12-10-30(5)11-13-31/h6-9,14-16H,3,10-13,25-26H2,1-2,4-5H3/b19-14+,27-15-. The third kappa shape index (κ3) is 5.14. The summed E-state index contributed by atoms with van der Waals surface area (Å²) in [6.07, 6.45) is 3.05. The van der Waals surface area contributed by atoms with Crippen LogP contribution in [0.4, 0.5) is 0 Å². The molecule has 2 aromatic rings. The Morgan fingerprint density at radius 1 is 1.24 bits per heavy atom. The Labute approximate surface area is 194 Å². The molecule has 9 heteroatoms. The summed E-state index contributed by atoms with van der Waals surface area (Å²) in [7, 11) is 2.04. The molecule has 3 rings (SSSR count). The molecule has 176 valence electrons. The van der Waals surface area contributed by atoms with Gasteiger partial charge in [-0.25, -0.2) is 4.99 Å². The van der Waals surface area contributed by atoms with Gasteiger partial charge in [0.1, 0.15) is 5.82 Å². The summed E-state index contributed by atoms with van der Waals surface area (Å²) in [4.78, 5) is 25.4. The van der Waals surface area contributed by atoms with Crippen molar-refractivity contribution in [1.82, 2.24) is 19.9 Å².